The van der Waals surface area contributed by atoms with E-state index in [-0.39, 0.29) is 18.1 Å². The Morgan fingerprint density at radius 3 is 2.46 bits per heavy atom. The van der Waals surface area contributed by atoms with Crippen molar-refractivity contribution in [2.24, 2.45) is 0 Å². The molecule has 0 saturated heterocycles. The van der Waals surface area contributed by atoms with Crippen LogP contribution in [0.5, 0.6) is 5.88 Å². The Kier molecular flexibility index (Phi) is 4.86. The van der Waals surface area contributed by atoms with Crippen LogP contribution in [0.25, 0.3) is 11.4 Å². The van der Waals surface area contributed by atoms with Crippen molar-refractivity contribution in [3.05, 3.63) is 18.1 Å². The first-order chi connectivity index (χ1) is 12.8. The maximum atomic E-state index is 13.2. The molecule has 3 heterocycles. The summed E-state index contributed by atoms with van der Waals surface area (Å²) in [6, 6.07) is 0.856. The summed E-state index contributed by atoms with van der Waals surface area (Å²) in [6.45, 7) is 1.25. The summed E-state index contributed by atoms with van der Waals surface area (Å²) in [5.41, 5.74) is -2.52. The van der Waals surface area contributed by atoms with Gasteiger partial charge in [-0.15, -0.1) is 18.3 Å². The van der Waals surface area contributed by atoms with Crippen molar-refractivity contribution in [2.75, 3.05) is 13.2 Å². The second kappa shape index (κ2) is 6.65. The molecule has 1 aliphatic heterocycles. The van der Waals surface area contributed by atoms with Crippen molar-refractivity contribution in [3.8, 4) is 17.3 Å². The molecule has 1 unspecified atom stereocenters. The lowest BCUT2D eigenvalue weighted by atomic mass is 10.0. The minimum atomic E-state index is -4.93. The molecule has 2 aromatic rings. The Hall–Kier alpha value is -2.28. The Bertz CT molecular complexity index is 855. The number of aliphatic hydroxyl groups is 1. The summed E-state index contributed by atoms with van der Waals surface area (Å²) >= 11 is 0. The second-order valence-corrected chi connectivity index (χ2v) is 6.45. The predicted octanol–water partition coefficient (Wildman–Crippen LogP) is 3.01. The first-order valence-corrected chi connectivity index (χ1v) is 8.10. The first kappa shape index (κ1) is 20.5. The van der Waals surface area contributed by atoms with E-state index in [9.17, 15) is 31.4 Å². The number of imidazole rings is 1. The van der Waals surface area contributed by atoms with Gasteiger partial charge in [-0.05, 0) is 13.8 Å². The second-order valence-electron chi connectivity index (χ2n) is 6.45. The summed E-state index contributed by atoms with van der Waals surface area (Å²) in [5, 5.41) is 14.1. The number of fused-ring (bicyclic) bond motifs is 3. The van der Waals surface area contributed by atoms with Crippen molar-refractivity contribution < 1.29 is 40.9 Å². The van der Waals surface area contributed by atoms with Crippen molar-refractivity contribution in [3.63, 3.8) is 0 Å². The number of rotatable bonds is 5. The molecule has 0 amide bonds. The molecular formula is C15H16F6N4O3. The van der Waals surface area contributed by atoms with Gasteiger partial charge in [-0.25, -0.2) is 4.98 Å². The third-order valence-corrected chi connectivity index (χ3v) is 4.28. The fourth-order valence-corrected chi connectivity index (χ4v) is 2.93. The molecule has 0 spiro atoms. The SMILES string of the molecule is C[C@H]1Cn2nc(OCCOC(F)(F)F)cc2-c2cnc(C(C)(O)C(F)(F)F)n21. The van der Waals surface area contributed by atoms with E-state index in [0.717, 1.165) is 0 Å². The molecule has 13 heteroatoms. The van der Waals surface area contributed by atoms with Gasteiger partial charge in [0.1, 0.15) is 6.61 Å². The average Bonchev–Trinajstić information content (AvgIpc) is 3.13. The first-order valence-electron chi connectivity index (χ1n) is 8.10. The Morgan fingerprint density at radius 2 is 1.86 bits per heavy atom. The van der Waals surface area contributed by atoms with Crippen LogP contribution in [0.4, 0.5) is 26.3 Å². The quantitative estimate of drug-likeness (QED) is 0.602. The van der Waals surface area contributed by atoms with Crippen molar-refractivity contribution >= 4 is 0 Å². The number of ether oxygens (including phenoxy) is 2. The highest BCUT2D eigenvalue weighted by Crippen LogP contribution is 2.42. The molecule has 0 fully saturated rings. The zero-order valence-corrected chi connectivity index (χ0v) is 14.7. The van der Waals surface area contributed by atoms with Gasteiger partial charge in [0.2, 0.25) is 11.5 Å². The van der Waals surface area contributed by atoms with E-state index < -0.39 is 43.2 Å². The van der Waals surface area contributed by atoms with Gasteiger partial charge < -0.3 is 14.4 Å². The van der Waals surface area contributed by atoms with Crippen LogP contribution in [0.1, 0.15) is 25.7 Å². The number of hydrogen-bond acceptors (Lipinski definition) is 5. The van der Waals surface area contributed by atoms with Crippen LogP contribution in [0.15, 0.2) is 12.3 Å². The molecule has 1 N–H and O–H groups in total. The lowest BCUT2D eigenvalue weighted by Gasteiger charge is -2.31. The Labute approximate surface area is 154 Å². The summed E-state index contributed by atoms with van der Waals surface area (Å²) < 4.78 is 86.9. The van der Waals surface area contributed by atoms with Crippen molar-refractivity contribution in [2.45, 2.75) is 44.6 Å². The molecule has 0 aromatic carbocycles. The zero-order valence-electron chi connectivity index (χ0n) is 14.7. The van der Waals surface area contributed by atoms with Crippen LogP contribution in [0.3, 0.4) is 0 Å². The lowest BCUT2D eigenvalue weighted by Crippen LogP contribution is -2.42. The highest BCUT2D eigenvalue weighted by Gasteiger charge is 2.55. The summed E-state index contributed by atoms with van der Waals surface area (Å²) in [6.07, 6.45) is -8.53. The molecule has 2 atom stereocenters. The fraction of sp³-hybridized carbons (Fsp3) is 0.600. The molecule has 0 aliphatic carbocycles. The maximum Gasteiger partial charge on any atom is 0.522 e. The molecule has 0 saturated carbocycles. The Balaban J connectivity index is 1.85. The molecular weight excluding hydrogens is 398 g/mol. The highest BCUT2D eigenvalue weighted by atomic mass is 19.4. The van der Waals surface area contributed by atoms with E-state index in [0.29, 0.717) is 12.6 Å². The van der Waals surface area contributed by atoms with Gasteiger partial charge in [0.25, 0.3) is 0 Å². The summed E-state index contributed by atoms with van der Waals surface area (Å²) in [5.74, 6) is -0.567. The lowest BCUT2D eigenvalue weighted by molar-refractivity contribution is -0.325. The third-order valence-electron chi connectivity index (χ3n) is 4.28. The molecule has 7 nitrogen and oxygen atoms in total. The smallest absolute Gasteiger partial charge is 0.474 e. The van der Waals surface area contributed by atoms with E-state index in [1.807, 2.05) is 0 Å². The topological polar surface area (TPSA) is 74.3 Å². The Morgan fingerprint density at radius 1 is 1.18 bits per heavy atom. The van der Waals surface area contributed by atoms with Crippen LogP contribution >= 0.6 is 0 Å². The number of nitrogens with zero attached hydrogens (tertiary/aromatic N) is 4. The van der Waals surface area contributed by atoms with Crippen LogP contribution in [0, 0.1) is 0 Å². The van der Waals surface area contributed by atoms with E-state index in [1.54, 1.807) is 6.92 Å². The monoisotopic (exact) mass is 414 g/mol. The van der Waals surface area contributed by atoms with Gasteiger partial charge in [-0.1, -0.05) is 0 Å². The minimum Gasteiger partial charge on any atom is -0.474 e. The van der Waals surface area contributed by atoms with E-state index >= 15 is 0 Å². The number of aromatic nitrogens is 4. The van der Waals surface area contributed by atoms with Crippen LogP contribution in [0.2, 0.25) is 0 Å². The van der Waals surface area contributed by atoms with E-state index in [4.69, 9.17) is 4.74 Å². The van der Waals surface area contributed by atoms with E-state index in [2.05, 4.69) is 14.8 Å². The largest absolute Gasteiger partial charge is 0.522 e. The van der Waals surface area contributed by atoms with Gasteiger partial charge in [0, 0.05) is 6.07 Å². The molecule has 0 bridgehead atoms. The van der Waals surface area contributed by atoms with Gasteiger partial charge in [-0.2, -0.15) is 13.2 Å². The molecule has 0 radical (unpaired) electrons. The average molecular weight is 414 g/mol. The summed E-state index contributed by atoms with van der Waals surface area (Å²) in [4.78, 5) is 3.76. The molecule has 156 valence electrons. The van der Waals surface area contributed by atoms with Crippen LogP contribution in [-0.4, -0.2) is 50.2 Å². The normalized spacial score (nSPS) is 19.1. The van der Waals surface area contributed by atoms with Crippen LogP contribution < -0.4 is 4.74 Å². The molecule has 28 heavy (non-hydrogen) atoms. The van der Waals surface area contributed by atoms with Crippen molar-refractivity contribution in [1.29, 1.82) is 0 Å². The molecule has 3 rings (SSSR count). The standard InChI is InChI=1S/C15H16F6N4O3/c1-8-7-24-9(5-11(23-24)27-3-4-28-15(19,20)21)10-6-22-12(25(8)10)13(2,26)14(16,17)18/h5-6,8,26H,3-4,7H2,1-2H3/t8-,13?/m0/s1. The number of halogens is 6. The fourth-order valence-electron chi connectivity index (χ4n) is 2.93. The zero-order chi connectivity index (χ0) is 20.9. The van der Waals surface area contributed by atoms with Crippen molar-refractivity contribution in [1.82, 2.24) is 19.3 Å². The highest BCUT2D eigenvalue weighted by molar-refractivity contribution is 5.58. The van der Waals surface area contributed by atoms with Gasteiger partial charge in [0.05, 0.1) is 36.8 Å². The third kappa shape index (κ3) is 3.68. The van der Waals surface area contributed by atoms with Gasteiger partial charge in [0.15, 0.2) is 5.82 Å². The van der Waals surface area contributed by atoms with Crippen LogP contribution in [-0.2, 0) is 16.9 Å². The predicted molar refractivity (Wildman–Crippen MR) is 81.3 cm³/mol. The molecule has 1 aliphatic rings. The number of hydrogen-bond donors (Lipinski definition) is 1. The van der Waals surface area contributed by atoms with Gasteiger partial charge >= 0.3 is 12.5 Å². The molecule has 2 aromatic heterocycles. The summed E-state index contributed by atoms with van der Waals surface area (Å²) in [7, 11) is 0. The maximum absolute atomic E-state index is 13.2. The van der Waals surface area contributed by atoms with Gasteiger partial charge in [-0.3, -0.25) is 9.42 Å². The number of alkyl halides is 6. The van der Waals surface area contributed by atoms with E-state index in [1.165, 1.54) is 21.5 Å². The minimum absolute atomic E-state index is 0.00763.